The number of benzene rings is 2. The molecule has 2 heterocycles. The molecule has 1 atom stereocenters. The summed E-state index contributed by atoms with van der Waals surface area (Å²) in [7, 11) is 0. The molecule has 10 heteroatoms. The van der Waals surface area contributed by atoms with Gasteiger partial charge in [-0.3, -0.25) is 9.59 Å². The molecule has 0 bridgehead atoms. The average Bonchev–Trinajstić information content (AvgIpc) is 3.48. The summed E-state index contributed by atoms with van der Waals surface area (Å²) in [4.78, 5) is 38.8. The number of aromatic nitrogens is 2. The Hall–Kier alpha value is -4.21. The molecule has 1 saturated heterocycles. The predicted octanol–water partition coefficient (Wildman–Crippen LogP) is 4.18. The van der Waals surface area contributed by atoms with Crippen molar-refractivity contribution in [1.29, 1.82) is 0 Å². The number of urea groups is 1. The molecule has 0 spiro atoms. The zero-order chi connectivity index (χ0) is 26.0. The Kier molecular flexibility index (Phi) is 7.05. The van der Waals surface area contributed by atoms with Gasteiger partial charge in [-0.25, -0.2) is 13.9 Å². The van der Waals surface area contributed by atoms with Gasteiger partial charge in [0.05, 0.1) is 5.69 Å². The van der Waals surface area contributed by atoms with Gasteiger partial charge in [0.2, 0.25) is 11.8 Å². The van der Waals surface area contributed by atoms with E-state index in [0.29, 0.717) is 53.3 Å². The third-order valence-electron chi connectivity index (χ3n) is 6.27. The van der Waals surface area contributed by atoms with Gasteiger partial charge in [-0.2, -0.15) is 5.10 Å². The molecule has 188 valence electrons. The summed E-state index contributed by atoms with van der Waals surface area (Å²) in [5, 5.41) is 9.85. The van der Waals surface area contributed by atoms with E-state index in [4.69, 9.17) is 5.73 Å². The Labute approximate surface area is 208 Å². The zero-order valence-electron chi connectivity index (χ0n) is 20.4. The number of nitrogens with two attached hydrogens (primary N) is 1. The fourth-order valence-electron chi connectivity index (χ4n) is 4.36. The molecule has 0 saturated carbocycles. The molecule has 4 N–H and O–H groups in total. The molecule has 0 unspecified atom stereocenters. The van der Waals surface area contributed by atoms with Crippen LogP contribution in [0.15, 0.2) is 48.7 Å². The number of amides is 4. The van der Waals surface area contributed by atoms with E-state index >= 15 is 0 Å². The molecule has 1 aliphatic rings. The number of primary amides is 1. The second kappa shape index (κ2) is 10.2. The van der Waals surface area contributed by atoms with Crippen molar-refractivity contribution in [3.8, 4) is 5.69 Å². The van der Waals surface area contributed by atoms with E-state index in [1.807, 2.05) is 13.8 Å². The van der Waals surface area contributed by atoms with Crippen molar-refractivity contribution in [3.05, 3.63) is 71.2 Å². The van der Waals surface area contributed by atoms with Crippen LogP contribution in [0, 0.1) is 12.7 Å². The summed E-state index contributed by atoms with van der Waals surface area (Å²) >= 11 is 0. The highest BCUT2D eigenvalue weighted by Gasteiger charge is 2.34. The lowest BCUT2D eigenvalue weighted by Crippen LogP contribution is -2.45. The number of carbonyl (C=O) groups is 3. The Bertz CT molecular complexity index is 1320. The van der Waals surface area contributed by atoms with Crippen LogP contribution in [0.25, 0.3) is 5.69 Å². The molecule has 1 fully saturated rings. The minimum Gasteiger partial charge on any atom is -0.366 e. The summed E-state index contributed by atoms with van der Waals surface area (Å²) in [5.41, 5.74) is 8.12. The van der Waals surface area contributed by atoms with E-state index in [-0.39, 0.29) is 17.6 Å². The Morgan fingerprint density at radius 3 is 2.56 bits per heavy atom. The fourth-order valence-corrected chi connectivity index (χ4v) is 4.36. The summed E-state index contributed by atoms with van der Waals surface area (Å²) in [6.07, 6.45) is 2.86. The van der Waals surface area contributed by atoms with Gasteiger partial charge in [-0.15, -0.1) is 0 Å². The molecule has 0 radical (unpaired) electrons. The number of aryl methyl sites for hydroxylation is 1. The number of hydrogen-bond donors (Lipinski definition) is 3. The first kappa shape index (κ1) is 24.9. The summed E-state index contributed by atoms with van der Waals surface area (Å²) < 4.78 is 15.9. The van der Waals surface area contributed by atoms with Gasteiger partial charge < -0.3 is 21.3 Å². The highest BCUT2D eigenvalue weighted by atomic mass is 19.1. The molecule has 2 aromatic carbocycles. The fraction of sp³-hybridized carbons (Fsp3) is 0.308. The van der Waals surface area contributed by atoms with Crippen molar-refractivity contribution in [2.24, 2.45) is 5.73 Å². The number of halogens is 1. The Balaban J connectivity index is 1.42. The molecule has 0 aliphatic carbocycles. The van der Waals surface area contributed by atoms with Crippen molar-refractivity contribution in [2.75, 3.05) is 17.2 Å². The number of hydrogen-bond acceptors (Lipinski definition) is 4. The molecule has 3 aromatic rings. The molecular weight excluding hydrogens is 463 g/mol. The third-order valence-corrected chi connectivity index (χ3v) is 6.27. The Morgan fingerprint density at radius 2 is 1.89 bits per heavy atom. The summed E-state index contributed by atoms with van der Waals surface area (Å²) in [6.45, 7) is 5.99. The molecule has 4 amide bonds. The second-order valence-electron chi connectivity index (χ2n) is 9.17. The van der Waals surface area contributed by atoms with E-state index < -0.39 is 18.0 Å². The van der Waals surface area contributed by atoms with Crippen LogP contribution in [0.3, 0.4) is 0 Å². The van der Waals surface area contributed by atoms with Crippen LogP contribution in [0.5, 0.6) is 0 Å². The van der Waals surface area contributed by atoms with Crippen LogP contribution < -0.4 is 16.4 Å². The SMILES string of the molecule is Cc1cc(-n2ccc(NC(=O)[C@H]3CCCN3C(=O)Nc3ccc(C(C)C)c(F)c3)n2)ccc1C(N)=O. The Morgan fingerprint density at radius 1 is 1.11 bits per heavy atom. The van der Waals surface area contributed by atoms with Gasteiger partial charge in [0.25, 0.3) is 0 Å². The number of rotatable bonds is 6. The summed E-state index contributed by atoms with van der Waals surface area (Å²) in [6, 6.07) is 10.2. The minimum atomic E-state index is -0.674. The highest BCUT2D eigenvalue weighted by Crippen LogP contribution is 2.24. The first-order valence-corrected chi connectivity index (χ1v) is 11.8. The minimum absolute atomic E-state index is 0.0309. The number of nitrogens with one attached hydrogen (secondary N) is 2. The molecule has 9 nitrogen and oxygen atoms in total. The maximum atomic E-state index is 14.3. The smallest absolute Gasteiger partial charge is 0.322 e. The van der Waals surface area contributed by atoms with Crippen LogP contribution in [0.4, 0.5) is 20.7 Å². The van der Waals surface area contributed by atoms with Gasteiger partial charge >= 0.3 is 6.03 Å². The van der Waals surface area contributed by atoms with Crippen molar-refractivity contribution in [1.82, 2.24) is 14.7 Å². The van der Waals surface area contributed by atoms with Gasteiger partial charge in [-0.1, -0.05) is 19.9 Å². The van der Waals surface area contributed by atoms with Crippen LogP contribution in [0.2, 0.25) is 0 Å². The van der Waals surface area contributed by atoms with Crippen molar-refractivity contribution in [2.45, 2.75) is 45.6 Å². The number of nitrogens with zero attached hydrogens (tertiary/aromatic N) is 3. The van der Waals surface area contributed by atoms with E-state index in [1.54, 1.807) is 54.2 Å². The largest absolute Gasteiger partial charge is 0.366 e. The van der Waals surface area contributed by atoms with Crippen LogP contribution in [-0.4, -0.2) is 45.1 Å². The predicted molar refractivity (Wildman–Crippen MR) is 135 cm³/mol. The lowest BCUT2D eigenvalue weighted by atomic mass is 10.0. The number of anilines is 2. The lowest BCUT2D eigenvalue weighted by Gasteiger charge is -2.24. The maximum Gasteiger partial charge on any atom is 0.322 e. The second-order valence-corrected chi connectivity index (χ2v) is 9.17. The quantitative estimate of drug-likeness (QED) is 0.478. The van der Waals surface area contributed by atoms with Gasteiger partial charge in [0.1, 0.15) is 11.9 Å². The van der Waals surface area contributed by atoms with Crippen LogP contribution in [0.1, 0.15) is 54.1 Å². The average molecular weight is 493 g/mol. The topological polar surface area (TPSA) is 122 Å². The van der Waals surface area contributed by atoms with Crippen molar-refractivity contribution >= 4 is 29.4 Å². The van der Waals surface area contributed by atoms with E-state index in [1.165, 1.54) is 11.0 Å². The van der Waals surface area contributed by atoms with Crippen LogP contribution >= 0.6 is 0 Å². The monoisotopic (exact) mass is 492 g/mol. The summed E-state index contributed by atoms with van der Waals surface area (Å²) in [5.74, 6) is -0.878. The van der Waals surface area contributed by atoms with Crippen molar-refractivity contribution in [3.63, 3.8) is 0 Å². The maximum absolute atomic E-state index is 14.3. The first-order valence-electron chi connectivity index (χ1n) is 11.8. The highest BCUT2D eigenvalue weighted by molar-refractivity contribution is 5.99. The van der Waals surface area contributed by atoms with Crippen LogP contribution in [-0.2, 0) is 4.79 Å². The normalized spacial score (nSPS) is 15.2. The third kappa shape index (κ3) is 5.22. The van der Waals surface area contributed by atoms with E-state index in [2.05, 4.69) is 15.7 Å². The molecule has 4 rings (SSSR count). The van der Waals surface area contributed by atoms with E-state index in [9.17, 15) is 18.8 Å². The number of likely N-dealkylation sites (tertiary alicyclic amines) is 1. The van der Waals surface area contributed by atoms with Gasteiger partial charge in [-0.05, 0) is 67.1 Å². The molecular formula is C26H29FN6O3. The molecule has 36 heavy (non-hydrogen) atoms. The van der Waals surface area contributed by atoms with Gasteiger partial charge in [0.15, 0.2) is 5.82 Å². The first-order chi connectivity index (χ1) is 17.1. The van der Waals surface area contributed by atoms with Gasteiger partial charge in [0, 0.05) is 30.1 Å². The van der Waals surface area contributed by atoms with Crippen molar-refractivity contribution < 1.29 is 18.8 Å². The van der Waals surface area contributed by atoms with E-state index in [0.717, 1.165) is 0 Å². The molecule has 1 aliphatic heterocycles. The zero-order valence-corrected chi connectivity index (χ0v) is 20.4. The standard InChI is InChI=1S/C26H29FN6O3/c1-15(2)19-8-6-17(14-21(19)27)29-26(36)32-11-4-5-22(32)25(35)30-23-10-12-33(31-23)18-7-9-20(24(28)34)16(3)13-18/h6-10,12-15,22H,4-5,11H2,1-3H3,(H2,28,34)(H,29,36)(H,30,31,35)/t22-/m1/s1. The lowest BCUT2D eigenvalue weighted by molar-refractivity contribution is -0.119. The molecule has 1 aromatic heterocycles. The number of carbonyl (C=O) groups excluding carboxylic acids is 3.